The average Bonchev–Trinajstić information content (AvgIpc) is 3.49. The molecule has 0 saturated heterocycles. The van der Waals surface area contributed by atoms with Gasteiger partial charge in [0.2, 0.25) is 5.91 Å². The summed E-state index contributed by atoms with van der Waals surface area (Å²) in [5, 5.41) is 17.2. The monoisotopic (exact) mass is 564 g/mol. The van der Waals surface area contributed by atoms with Crippen LogP contribution in [0.15, 0.2) is 65.3 Å². The normalized spacial score (nSPS) is 12.4. The van der Waals surface area contributed by atoms with Crippen molar-refractivity contribution in [3.05, 3.63) is 88.9 Å². The molecule has 0 aliphatic rings. The summed E-state index contributed by atoms with van der Waals surface area (Å²) in [6.07, 6.45) is 2.30. The van der Waals surface area contributed by atoms with Gasteiger partial charge in [-0.25, -0.2) is 0 Å². The number of amides is 3. The highest BCUT2D eigenvalue weighted by Crippen LogP contribution is 2.16. The Labute approximate surface area is 240 Å². The maximum absolute atomic E-state index is 13.5. The van der Waals surface area contributed by atoms with Crippen LogP contribution in [0.4, 0.5) is 0 Å². The van der Waals surface area contributed by atoms with E-state index >= 15 is 0 Å². The Kier molecular flexibility index (Phi) is 11.9. The van der Waals surface area contributed by atoms with E-state index in [1.807, 2.05) is 38.1 Å². The third kappa shape index (κ3) is 9.19. The summed E-state index contributed by atoms with van der Waals surface area (Å²) in [6.45, 7) is 5.71. The van der Waals surface area contributed by atoms with E-state index in [0.29, 0.717) is 25.4 Å². The predicted molar refractivity (Wildman–Crippen MR) is 156 cm³/mol. The van der Waals surface area contributed by atoms with E-state index in [9.17, 15) is 19.5 Å². The first-order valence-electron chi connectivity index (χ1n) is 13.8. The van der Waals surface area contributed by atoms with Crippen molar-refractivity contribution >= 4 is 17.7 Å². The van der Waals surface area contributed by atoms with Crippen LogP contribution in [0, 0.1) is 0 Å². The van der Waals surface area contributed by atoms with Gasteiger partial charge < -0.3 is 35.5 Å². The number of hydrogen-bond acceptors (Lipinski definition) is 7. The van der Waals surface area contributed by atoms with Crippen LogP contribution in [-0.4, -0.2) is 66.6 Å². The maximum Gasteiger partial charge on any atom is 0.253 e. The van der Waals surface area contributed by atoms with Crippen LogP contribution in [0.3, 0.4) is 0 Å². The minimum atomic E-state index is -0.986. The predicted octanol–water partition coefficient (Wildman–Crippen LogP) is 3.14. The largest absolute Gasteiger partial charge is 0.497 e. The molecule has 2 atom stereocenters. The van der Waals surface area contributed by atoms with Gasteiger partial charge in [-0.05, 0) is 60.9 Å². The fourth-order valence-electron chi connectivity index (χ4n) is 4.53. The Bertz CT molecular complexity index is 1290. The van der Waals surface area contributed by atoms with Crippen molar-refractivity contribution in [2.45, 2.75) is 51.8 Å². The molecule has 0 fully saturated rings. The van der Waals surface area contributed by atoms with Crippen LogP contribution in [0.2, 0.25) is 0 Å². The molecule has 2 aromatic carbocycles. The summed E-state index contributed by atoms with van der Waals surface area (Å²) in [5.41, 5.74) is 6.87. The summed E-state index contributed by atoms with van der Waals surface area (Å²) in [6, 6.07) is 14.6. The first-order chi connectivity index (χ1) is 19.7. The number of methoxy groups -OCH3 is 1. The third-order valence-electron chi connectivity index (χ3n) is 6.60. The van der Waals surface area contributed by atoms with Gasteiger partial charge in [0, 0.05) is 49.3 Å². The summed E-state index contributed by atoms with van der Waals surface area (Å²) in [5.74, 6) is -0.266. The molecular weight excluding hydrogens is 524 g/mol. The molecule has 3 amide bonds. The molecule has 0 unspecified atom stereocenters. The van der Waals surface area contributed by atoms with E-state index in [4.69, 9.17) is 14.9 Å². The Morgan fingerprint density at radius 1 is 1.00 bits per heavy atom. The Balaban J connectivity index is 1.79. The van der Waals surface area contributed by atoms with Gasteiger partial charge in [0.25, 0.3) is 11.8 Å². The van der Waals surface area contributed by atoms with E-state index in [1.165, 1.54) is 24.5 Å². The summed E-state index contributed by atoms with van der Waals surface area (Å²) in [7, 11) is 1.60. The fourth-order valence-corrected chi connectivity index (χ4v) is 4.53. The Morgan fingerprint density at radius 3 is 2.34 bits per heavy atom. The van der Waals surface area contributed by atoms with Crippen LogP contribution in [0.1, 0.15) is 69.1 Å². The van der Waals surface area contributed by atoms with Gasteiger partial charge in [0.05, 0.1) is 25.5 Å². The molecular formula is C31H40N4O6. The first kappa shape index (κ1) is 31.4. The smallest absolute Gasteiger partial charge is 0.253 e. The molecule has 0 bridgehead atoms. The van der Waals surface area contributed by atoms with Gasteiger partial charge in [0.15, 0.2) is 0 Å². The van der Waals surface area contributed by atoms with Crippen molar-refractivity contribution in [3.63, 3.8) is 0 Å². The highest BCUT2D eigenvalue weighted by atomic mass is 16.5. The zero-order valence-electron chi connectivity index (χ0n) is 23.9. The molecule has 1 aromatic heterocycles. The minimum Gasteiger partial charge on any atom is -0.497 e. The minimum absolute atomic E-state index is 0.0528. The topological polar surface area (TPSA) is 147 Å². The quantitative estimate of drug-likeness (QED) is 0.209. The van der Waals surface area contributed by atoms with Gasteiger partial charge >= 0.3 is 0 Å². The van der Waals surface area contributed by atoms with Crippen molar-refractivity contribution in [1.29, 1.82) is 0 Å². The number of nitrogens with one attached hydrogen (secondary N) is 2. The van der Waals surface area contributed by atoms with Gasteiger partial charge in [-0.3, -0.25) is 14.4 Å². The lowest BCUT2D eigenvalue weighted by Crippen LogP contribution is -2.48. The molecule has 41 heavy (non-hydrogen) atoms. The summed E-state index contributed by atoms with van der Waals surface area (Å²) in [4.78, 5) is 40.5. The lowest BCUT2D eigenvalue weighted by Gasteiger charge is -2.25. The lowest BCUT2D eigenvalue weighted by atomic mass is 10.0. The zero-order valence-corrected chi connectivity index (χ0v) is 23.9. The number of furan rings is 1. The molecule has 220 valence electrons. The standard InChI is InChI=1S/C31H40N4O6/c1-4-11-35(12-5-2)31(39)24-16-22(29(32)37)15-23(17-24)30(38)34-27(18-26-10-7-13-41-26)28(36)20-33-19-21-8-6-9-25(14-21)40-3/h6-10,13-17,27-28,33,36H,4-5,11-12,18-20H2,1-3H3,(H2,32,37)(H,34,38)/t27-,28+/m0/s1. The molecule has 0 saturated carbocycles. The molecule has 10 heteroatoms. The Hall–Kier alpha value is -4.15. The zero-order chi connectivity index (χ0) is 29.8. The van der Waals surface area contributed by atoms with Crippen LogP contribution >= 0.6 is 0 Å². The Morgan fingerprint density at radius 2 is 1.71 bits per heavy atom. The number of carbonyl (C=O) groups excluding carboxylic acids is 3. The van der Waals surface area contributed by atoms with Crippen molar-refractivity contribution in [3.8, 4) is 5.75 Å². The molecule has 0 spiro atoms. The van der Waals surface area contributed by atoms with Crippen molar-refractivity contribution in [2.75, 3.05) is 26.7 Å². The highest BCUT2D eigenvalue weighted by Gasteiger charge is 2.25. The molecule has 1 heterocycles. The number of primary amides is 1. The molecule has 0 aliphatic carbocycles. The molecule has 0 aliphatic heterocycles. The van der Waals surface area contributed by atoms with E-state index in [1.54, 1.807) is 24.1 Å². The number of hydrogen-bond donors (Lipinski definition) is 4. The number of ether oxygens (including phenoxy) is 1. The van der Waals surface area contributed by atoms with E-state index < -0.39 is 24.0 Å². The van der Waals surface area contributed by atoms with Crippen molar-refractivity contribution in [2.24, 2.45) is 5.73 Å². The second-order valence-corrected chi connectivity index (χ2v) is 9.87. The van der Waals surface area contributed by atoms with Crippen LogP contribution in [0.25, 0.3) is 0 Å². The number of nitrogens with zero attached hydrogens (tertiary/aromatic N) is 1. The molecule has 5 N–H and O–H groups in total. The lowest BCUT2D eigenvalue weighted by molar-refractivity contribution is 0.0755. The number of carbonyl (C=O) groups is 3. The van der Waals surface area contributed by atoms with E-state index in [2.05, 4.69) is 10.6 Å². The SMILES string of the molecule is CCCN(CCC)C(=O)c1cc(C(N)=O)cc(C(=O)N[C@@H](Cc2ccco2)[C@H](O)CNCc2cccc(OC)c2)c1. The average molecular weight is 565 g/mol. The van der Waals surface area contributed by atoms with Gasteiger partial charge in [-0.2, -0.15) is 0 Å². The number of aliphatic hydroxyl groups is 1. The van der Waals surface area contributed by atoms with Crippen molar-refractivity contribution in [1.82, 2.24) is 15.5 Å². The van der Waals surface area contributed by atoms with Crippen LogP contribution < -0.4 is 21.1 Å². The number of benzene rings is 2. The molecule has 0 radical (unpaired) electrons. The first-order valence-corrected chi connectivity index (χ1v) is 13.8. The van der Waals surface area contributed by atoms with Crippen LogP contribution in [0.5, 0.6) is 5.75 Å². The van der Waals surface area contributed by atoms with Gasteiger partial charge in [0.1, 0.15) is 11.5 Å². The van der Waals surface area contributed by atoms with E-state index in [-0.39, 0.29) is 35.6 Å². The van der Waals surface area contributed by atoms with Gasteiger partial charge in [-0.1, -0.05) is 26.0 Å². The highest BCUT2D eigenvalue weighted by molar-refractivity contribution is 6.04. The summed E-state index contributed by atoms with van der Waals surface area (Å²) >= 11 is 0. The maximum atomic E-state index is 13.5. The molecule has 3 rings (SSSR count). The number of rotatable bonds is 16. The number of aliphatic hydroxyl groups excluding tert-OH is 1. The van der Waals surface area contributed by atoms with Gasteiger partial charge in [-0.15, -0.1) is 0 Å². The molecule has 3 aromatic rings. The summed E-state index contributed by atoms with van der Waals surface area (Å²) < 4.78 is 10.7. The molecule has 10 nitrogen and oxygen atoms in total. The van der Waals surface area contributed by atoms with Crippen LogP contribution in [-0.2, 0) is 13.0 Å². The number of nitrogens with two attached hydrogens (primary N) is 1. The van der Waals surface area contributed by atoms with E-state index in [0.717, 1.165) is 24.2 Å². The second kappa shape index (κ2) is 15.6. The van der Waals surface area contributed by atoms with Crippen molar-refractivity contribution < 1.29 is 28.6 Å². The third-order valence-corrected chi connectivity index (χ3v) is 6.60. The fraction of sp³-hybridized carbons (Fsp3) is 0.387. The second-order valence-electron chi connectivity index (χ2n) is 9.87.